The Hall–Kier alpha value is -1.80. The molecule has 1 N–H and O–H groups in total. The fourth-order valence-electron chi connectivity index (χ4n) is 2.54. The molecule has 0 spiro atoms. The van der Waals surface area contributed by atoms with Crippen molar-refractivity contribution in [2.45, 2.75) is 26.5 Å². The summed E-state index contributed by atoms with van der Waals surface area (Å²) in [5, 5.41) is 3.41. The van der Waals surface area contributed by atoms with Crippen LogP contribution in [-0.2, 0) is 19.6 Å². The molecule has 0 amide bonds. The highest BCUT2D eigenvalue weighted by molar-refractivity contribution is 5.37. The third kappa shape index (κ3) is 2.79. The first-order chi connectivity index (χ1) is 9.33. The standard InChI is InChI=1S/C17H19NO/c1-13-5-7-16(8-6-13)19-12-15-4-2-3-14-11-18-10-9-17(14)15/h2-8,18H,9-12H2,1H3. The Morgan fingerprint density at radius 3 is 2.79 bits per heavy atom. The van der Waals surface area contributed by atoms with Crippen LogP contribution < -0.4 is 10.1 Å². The number of fused-ring (bicyclic) bond motifs is 1. The first kappa shape index (κ1) is 12.2. The van der Waals surface area contributed by atoms with Gasteiger partial charge in [0.25, 0.3) is 0 Å². The zero-order chi connectivity index (χ0) is 13.1. The molecule has 2 heteroatoms. The zero-order valence-electron chi connectivity index (χ0n) is 11.3. The van der Waals surface area contributed by atoms with Crippen LogP contribution in [0.15, 0.2) is 42.5 Å². The Balaban J connectivity index is 1.75. The molecule has 1 aliphatic rings. The van der Waals surface area contributed by atoms with Crippen LogP contribution in [0.1, 0.15) is 22.3 Å². The van der Waals surface area contributed by atoms with Crippen molar-refractivity contribution in [1.82, 2.24) is 5.32 Å². The number of nitrogens with one attached hydrogen (secondary N) is 1. The predicted octanol–water partition coefficient (Wildman–Crippen LogP) is 3.22. The highest BCUT2D eigenvalue weighted by Gasteiger charge is 2.12. The van der Waals surface area contributed by atoms with Crippen molar-refractivity contribution in [3.63, 3.8) is 0 Å². The van der Waals surface area contributed by atoms with Crippen LogP contribution in [0.3, 0.4) is 0 Å². The molecule has 0 radical (unpaired) electrons. The van der Waals surface area contributed by atoms with E-state index < -0.39 is 0 Å². The normalized spacial score (nSPS) is 13.9. The topological polar surface area (TPSA) is 21.3 Å². The van der Waals surface area contributed by atoms with E-state index in [9.17, 15) is 0 Å². The van der Waals surface area contributed by atoms with Gasteiger partial charge in [-0.05, 0) is 48.7 Å². The number of hydrogen-bond acceptors (Lipinski definition) is 2. The third-order valence-electron chi connectivity index (χ3n) is 3.65. The van der Waals surface area contributed by atoms with Crippen molar-refractivity contribution >= 4 is 0 Å². The SMILES string of the molecule is Cc1ccc(OCc2cccc3c2CCNC3)cc1. The van der Waals surface area contributed by atoms with E-state index in [0.29, 0.717) is 6.61 Å². The molecule has 1 aliphatic heterocycles. The minimum absolute atomic E-state index is 0.659. The lowest BCUT2D eigenvalue weighted by molar-refractivity contribution is 0.304. The molecule has 0 saturated heterocycles. The highest BCUT2D eigenvalue weighted by Crippen LogP contribution is 2.21. The van der Waals surface area contributed by atoms with E-state index in [4.69, 9.17) is 4.74 Å². The molecule has 19 heavy (non-hydrogen) atoms. The minimum Gasteiger partial charge on any atom is -0.489 e. The van der Waals surface area contributed by atoms with Gasteiger partial charge < -0.3 is 10.1 Å². The molecule has 0 unspecified atom stereocenters. The molecule has 0 atom stereocenters. The van der Waals surface area contributed by atoms with Crippen LogP contribution in [-0.4, -0.2) is 6.54 Å². The summed E-state index contributed by atoms with van der Waals surface area (Å²) < 4.78 is 5.89. The average Bonchev–Trinajstić information content (AvgIpc) is 2.47. The third-order valence-corrected chi connectivity index (χ3v) is 3.65. The first-order valence-corrected chi connectivity index (χ1v) is 6.83. The zero-order valence-corrected chi connectivity index (χ0v) is 11.3. The lowest BCUT2D eigenvalue weighted by Crippen LogP contribution is -2.24. The van der Waals surface area contributed by atoms with E-state index in [1.807, 2.05) is 12.1 Å². The second kappa shape index (κ2) is 5.45. The molecule has 1 heterocycles. The van der Waals surface area contributed by atoms with Gasteiger partial charge in [0.15, 0.2) is 0 Å². The van der Waals surface area contributed by atoms with E-state index in [-0.39, 0.29) is 0 Å². The second-order valence-corrected chi connectivity index (χ2v) is 5.08. The summed E-state index contributed by atoms with van der Waals surface area (Å²) in [5.41, 5.74) is 5.46. The molecular formula is C17H19NO. The molecular weight excluding hydrogens is 234 g/mol. The molecule has 2 nitrogen and oxygen atoms in total. The lowest BCUT2D eigenvalue weighted by atomic mass is 9.96. The van der Waals surface area contributed by atoms with Crippen LogP contribution in [0.5, 0.6) is 5.75 Å². The minimum atomic E-state index is 0.659. The largest absolute Gasteiger partial charge is 0.489 e. The Labute approximate surface area is 114 Å². The molecule has 0 bridgehead atoms. The van der Waals surface area contributed by atoms with Gasteiger partial charge in [-0.15, -0.1) is 0 Å². The van der Waals surface area contributed by atoms with Gasteiger partial charge in [-0.25, -0.2) is 0 Å². The van der Waals surface area contributed by atoms with Gasteiger partial charge in [0.2, 0.25) is 0 Å². The van der Waals surface area contributed by atoms with Crippen LogP contribution >= 0.6 is 0 Å². The summed E-state index contributed by atoms with van der Waals surface area (Å²) in [4.78, 5) is 0. The average molecular weight is 253 g/mol. The fraction of sp³-hybridized carbons (Fsp3) is 0.294. The van der Waals surface area contributed by atoms with E-state index >= 15 is 0 Å². The van der Waals surface area contributed by atoms with E-state index in [0.717, 1.165) is 25.3 Å². The maximum atomic E-state index is 5.89. The number of aryl methyl sites for hydroxylation is 1. The first-order valence-electron chi connectivity index (χ1n) is 6.83. The van der Waals surface area contributed by atoms with Gasteiger partial charge in [0.1, 0.15) is 12.4 Å². The molecule has 0 saturated carbocycles. The fourth-order valence-corrected chi connectivity index (χ4v) is 2.54. The van der Waals surface area contributed by atoms with Crippen molar-refractivity contribution < 1.29 is 4.74 Å². The molecule has 2 aromatic rings. The molecule has 3 rings (SSSR count). The Bertz CT molecular complexity index is 560. The number of benzene rings is 2. The maximum Gasteiger partial charge on any atom is 0.119 e. The predicted molar refractivity (Wildman–Crippen MR) is 77.4 cm³/mol. The van der Waals surface area contributed by atoms with Crippen molar-refractivity contribution in [2.24, 2.45) is 0 Å². The smallest absolute Gasteiger partial charge is 0.119 e. The Morgan fingerprint density at radius 1 is 1.11 bits per heavy atom. The van der Waals surface area contributed by atoms with Gasteiger partial charge in [0, 0.05) is 6.54 Å². The highest BCUT2D eigenvalue weighted by atomic mass is 16.5. The van der Waals surface area contributed by atoms with Gasteiger partial charge >= 0.3 is 0 Å². The van der Waals surface area contributed by atoms with Crippen LogP contribution in [0.2, 0.25) is 0 Å². The van der Waals surface area contributed by atoms with E-state index in [2.05, 4.69) is 42.6 Å². The van der Waals surface area contributed by atoms with Gasteiger partial charge in [0.05, 0.1) is 0 Å². The van der Waals surface area contributed by atoms with Gasteiger partial charge in [-0.1, -0.05) is 35.9 Å². The van der Waals surface area contributed by atoms with Crippen molar-refractivity contribution in [3.8, 4) is 5.75 Å². The van der Waals surface area contributed by atoms with E-state index in [1.165, 1.54) is 22.3 Å². The summed E-state index contributed by atoms with van der Waals surface area (Å²) in [6, 6.07) is 14.7. The van der Waals surface area contributed by atoms with Crippen molar-refractivity contribution in [2.75, 3.05) is 6.54 Å². The number of rotatable bonds is 3. The van der Waals surface area contributed by atoms with Crippen LogP contribution in [0.25, 0.3) is 0 Å². The quantitative estimate of drug-likeness (QED) is 0.907. The molecule has 0 fully saturated rings. The monoisotopic (exact) mass is 253 g/mol. The van der Waals surface area contributed by atoms with Crippen LogP contribution in [0, 0.1) is 6.92 Å². The summed E-state index contributed by atoms with van der Waals surface area (Å²) in [5.74, 6) is 0.942. The van der Waals surface area contributed by atoms with Crippen molar-refractivity contribution in [1.29, 1.82) is 0 Å². The maximum absolute atomic E-state index is 5.89. The van der Waals surface area contributed by atoms with Crippen molar-refractivity contribution in [3.05, 3.63) is 64.7 Å². The Morgan fingerprint density at radius 2 is 1.95 bits per heavy atom. The number of hydrogen-bond donors (Lipinski definition) is 1. The lowest BCUT2D eigenvalue weighted by Gasteiger charge is -2.20. The van der Waals surface area contributed by atoms with Crippen LogP contribution in [0.4, 0.5) is 0 Å². The molecule has 0 aliphatic carbocycles. The van der Waals surface area contributed by atoms with Gasteiger partial charge in [-0.3, -0.25) is 0 Å². The Kier molecular flexibility index (Phi) is 3.51. The number of ether oxygens (including phenoxy) is 1. The second-order valence-electron chi connectivity index (χ2n) is 5.08. The molecule has 2 aromatic carbocycles. The summed E-state index contributed by atoms with van der Waals surface area (Å²) in [6.45, 7) is 4.79. The summed E-state index contributed by atoms with van der Waals surface area (Å²) in [7, 11) is 0. The molecule has 0 aromatic heterocycles. The van der Waals surface area contributed by atoms with Gasteiger partial charge in [-0.2, -0.15) is 0 Å². The molecule has 98 valence electrons. The van der Waals surface area contributed by atoms with E-state index in [1.54, 1.807) is 0 Å². The summed E-state index contributed by atoms with van der Waals surface area (Å²) >= 11 is 0. The summed E-state index contributed by atoms with van der Waals surface area (Å²) in [6.07, 6.45) is 1.10.